The quantitative estimate of drug-likeness (QED) is 0.626. The number of hydrogen-bond donors (Lipinski definition) is 0. The van der Waals surface area contributed by atoms with Crippen molar-refractivity contribution in [1.82, 2.24) is 0 Å². The van der Waals surface area contributed by atoms with Crippen LogP contribution in [0.2, 0.25) is 0 Å². The van der Waals surface area contributed by atoms with E-state index in [-0.39, 0.29) is 0 Å². The lowest BCUT2D eigenvalue weighted by molar-refractivity contribution is -0.695. The third-order valence-corrected chi connectivity index (χ3v) is 3.37. The third kappa shape index (κ3) is 2.34. The van der Waals surface area contributed by atoms with Crippen LogP contribution in [0.5, 0.6) is 0 Å². The van der Waals surface area contributed by atoms with Gasteiger partial charge >= 0.3 is 0 Å². The van der Waals surface area contributed by atoms with Crippen LogP contribution in [0.15, 0.2) is 66.9 Å². The monoisotopic (exact) mass is 252 g/mol. The zero-order chi connectivity index (χ0) is 13.1. The number of aromatic nitrogens is 1. The van der Waals surface area contributed by atoms with Crippen LogP contribution >= 0.6 is 0 Å². The zero-order valence-corrected chi connectivity index (χ0v) is 10.6. The Morgan fingerprint density at radius 1 is 0.842 bits per heavy atom. The molecule has 1 nitrogen and oxygen atoms in total. The van der Waals surface area contributed by atoms with Gasteiger partial charge in [-0.2, -0.15) is 4.57 Å². The third-order valence-electron chi connectivity index (χ3n) is 3.37. The van der Waals surface area contributed by atoms with Gasteiger partial charge in [-0.3, -0.25) is 0 Å². The van der Waals surface area contributed by atoms with Crippen molar-refractivity contribution in [2.24, 2.45) is 0 Å². The van der Waals surface area contributed by atoms with Gasteiger partial charge in [0.15, 0.2) is 19.4 Å². The molecule has 0 bridgehead atoms. The molecule has 3 rings (SSSR count). The van der Waals surface area contributed by atoms with E-state index in [0.717, 1.165) is 16.5 Å². The molecule has 19 heavy (non-hydrogen) atoms. The van der Waals surface area contributed by atoms with E-state index in [1.807, 2.05) is 59.3 Å². The second-order valence-electron chi connectivity index (χ2n) is 4.60. The Hall–Kier alpha value is -2.22. The predicted molar refractivity (Wildman–Crippen MR) is 74.5 cm³/mol. The summed E-state index contributed by atoms with van der Waals surface area (Å²) in [6.45, 7) is 0.249. The highest BCUT2D eigenvalue weighted by atomic mass is 19.1. The standard InChI is InChI=1S/C17H15FN/c18-12-17-16-9-5-4-8-15(16)10-11-19(17)13-14-6-2-1-3-7-14/h1-11H,12-13H2/q+1. The largest absolute Gasteiger partial charge is 0.239 e. The van der Waals surface area contributed by atoms with Gasteiger partial charge in [-0.15, -0.1) is 0 Å². The molecule has 0 aliphatic heterocycles. The molecule has 0 N–H and O–H groups in total. The fourth-order valence-electron chi connectivity index (χ4n) is 2.40. The van der Waals surface area contributed by atoms with Crippen molar-refractivity contribution in [2.45, 2.75) is 13.2 Å². The first kappa shape index (κ1) is 11.8. The lowest BCUT2D eigenvalue weighted by Crippen LogP contribution is -2.38. The summed E-state index contributed by atoms with van der Waals surface area (Å²) >= 11 is 0. The molecule has 0 saturated heterocycles. The van der Waals surface area contributed by atoms with Gasteiger partial charge in [0.05, 0.1) is 5.39 Å². The molecule has 0 aliphatic rings. The first-order valence-corrected chi connectivity index (χ1v) is 6.38. The van der Waals surface area contributed by atoms with Gasteiger partial charge in [0.2, 0.25) is 5.69 Å². The molecular formula is C17H15FN+. The molecule has 0 fully saturated rings. The van der Waals surface area contributed by atoms with Crippen molar-refractivity contribution >= 4 is 10.8 Å². The summed E-state index contributed by atoms with van der Waals surface area (Å²) in [7, 11) is 0. The number of alkyl halides is 1. The number of fused-ring (bicyclic) bond motifs is 1. The first-order valence-electron chi connectivity index (χ1n) is 6.38. The van der Waals surface area contributed by atoms with Crippen molar-refractivity contribution in [1.29, 1.82) is 0 Å². The van der Waals surface area contributed by atoms with E-state index in [2.05, 4.69) is 12.1 Å². The van der Waals surface area contributed by atoms with E-state index in [0.29, 0.717) is 6.54 Å². The smallest absolute Gasteiger partial charge is 0.220 e. The number of halogens is 1. The van der Waals surface area contributed by atoms with Crippen LogP contribution < -0.4 is 4.57 Å². The molecule has 0 atom stereocenters. The van der Waals surface area contributed by atoms with Crippen LogP contribution in [0.3, 0.4) is 0 Å². The number of rotatable bonds is 3. The van der Waals surface area contributed by atoms with Crippen LogP contribution in [-0.2, 0) is 13.2 Å². The molecule has 1 aromatic heterocycles. The van der Waals surface area contributed by atoms with E-state index in [4.69, 9.17) is 0 Å². The summed E-state index contributed by atoms with van der Waals surface area (Å²) in [6.07, 6.45) is 1.96. The average Bonchev–Trinajstić information content (AvgIpc) is 2.48. The summed E-state index contributed by atoms with van der Waals surface area (Å²) in [4.78, 5) is 0. The van der Waals surface area contributed by atoms with Crippen LogP contribution in [0.4, 0.5) is 4.39 Å². The van der Waals surface area contributed by atoms with Gasteiger partial charge in [0.25, 0.3) is 0 Å². The van der Waals surface area contributed by atoms with Gasteiger partial charge in [-0.1, -0.05) is 48.5 Å². The van der Waals surface area contributed by atoms with Crippen LogP contribution in [0, 0.1) is 0 Å². The Morgan fingerprint density at radius 2 is 1.58 bits per heavy atom. The number of benzene rings is 2. The number of nitrogens with zero attached hydrogens (tertiary/aromatic N) is 1. The maximum absolute atomic E-state index is 13.4. The van der Waals surface area contributed by atoms with Gasteiger partial charge in [-0.25, -0.2) is 4.39 Å². The maximum atomic E-state index is 13.4. The molecule has 2 heteroatoms. The molecule has 0 aliphatic carbocycles. The van der Waals surface area contributed by atoms with E-state index in [9.17, 15) is 4.39 Å². The lowest BCUT2D eigenvalue weighted by atomic mass is 10.1. The van der Waals surface area contributed by atoms with E-state index < -0.39 is 6.67 Å². The fourth-order valence-corrected chi connectivity index (χ4v) is 2.40. The maximum Gasteiger partial charge on any atom is 0.220 e. The van der Waals surface area contributed by atoms with Crippen molar-refractivity contribution in [3.63, 3.8) is 0 Å². The molecule has 2 aromatic carbocycles. The van der Waals surface area contributed by atoms with Crippen molar-refractivity contribution in [2.75, 3.05) is 0 Å². The summed E-state index contributed by atoms with van der Waals surface area (Å²) in [5.41, 5.74) is 1.92. The van der Waals surface area contributed by atoms with Crippen molar-refractivity contribution < 1.29 is 8.96 Å². The predicted octanol–water partition coefficient (Wildman–Crippen LogP) is 3.65. The van der Waals surface area contributed by atoms with Gasteiger partial charge in [-0.05, 0) is 11.5 Å². The minimum Gasteiger partial charge on any atom is -0.239 e. The summed E-state index contributed by atoms with van der Waals surface area (Å²) in [5.74, 6) is 0. The fraction of sp³-hybridized carbons (Fsp3) is 0.118. The average molecular weight is 252 g/mol. The van der Waals surface area contributed by atoms with Crippen molar-refractivity contribution in [3.8, 4) is 0 Å². The Kier molecular flexibility index (Phi) is 3.23. The van der Waals surface area contributed by atoms with Crippen LogP contribution in [-0.4, -0.2) is 0 Å². The Balaban J connectivity index is 2.08. The number of pyridine rings is 1. The number of hydrogen-bond acceptors (Lipinski definition) is 0. The molecule has 0 spiro atoms. The second kappa shape index (κ2) is 5.19. The van der Waals surface area contributed by atoms with E-state index in [1.54, 1.807) is 0 Å². The minimum absolute atomic E-state index is 0.450. The van der Waals surface area contributed by atoms with Gasteiger partial charge in [0.1, 0.15) is 0 Å². The molecular weight excluding hydrogens is 237 g/mol. The SMILES string of the molecule is FCc1c2ccccc2cc[n+]1Cc1ccccc1. The van der Waals surface area contributed by atoms with Crippen LogP contribution in [0.1, 0.15) is 11.3 Å². The molecule has 0 saturated carbocycles. The highest BCUT2D eigenvalue weighted by molar-refractivity contribution is 5.83. The zero-order valence-electron chi connectivity index (χ0n) is 10.6. The second-order valence-corrected chi connectivity index (χ2v) is 4.60. The summed E-state index contributed by atoms with van der Waals surface area (Å²) in [6, 6.07) is 20.1. The topological polar surface area (TPSA) is 3.88 Å². The summed E-state index contributed by atoms with van der Waals surface area (Å²) in [5, 5.41) is 2.07. The Bertz CT molecular complexity index is 692. The van der Waals surface area contributed by atoms with Gasteiger partial charge < -0.3 is 0 Å². The molecule has 0 amide bonds. The molecule has 94 valence electrons. The normalized spacial score (nSPS) is 10.8. The highest BCUT2D eigenvalue weighted by Gasteiger charge is 2.14. The minimum atomic E-state index is -0.450. The first-order chi connectivity index (χ1) is 9.38. The molecule has 1 heterocycles. The molecule has 0 unspecified atom stereocenters. The molecule has 0 radical (unpaired) electrons. The van der Waals surface area contributed by atoms with E-state index >= 15 is 0 Å². The highest BCUT2D eigenvalue weighted by Crippen LogP contribution is 2.16. The molecule has 3 aromatic rings. The van der Waals surface area contributed by atoms with Crippen molar-refractivity contribution in [3.05, 3.63) is 78.1 Å². The van der Waals surface area contributed by atoms with Crippen LogP contribution in [0.25, 0.3) is 10.8 Å². The lowest BCUT2D eigenvalue weighted by Gasteiger charge is -2.05. The summed E-state index contributed by atoms with van der Waals surface area (Å²) < 4.78 is 15.4. The Labute approximate surface area is 111 Å². The Morgan fingerprint density at radius 3 is 2.37 bits per heavy atom. The van der Waals surface area contributed by atoms with Gasteiger partial charge in [0, 0.05) is 11.6 Å². The van der Waals surface area contributed by atoms with E-state index in [1.165, 1.54) is 5.56 Å².